The maximum Gasteiger partial charge on any atom is 0.269 e. The molecule has 3 aromatic carbocycles. The molecule has 3 aromatic rings. The first kappa shape index (κ1) is 26.0. The van der Waals surface area contributed by atoms with Crippen molar-refractivity contribution < 1.29 is 33.8 Å². The first-order valence-corrected chi connectivity index (χ1v) is 12.3. The predicted molar refractivity (Wildman–Crippen MR) is 134 cm³/mol. The van der Waals surface area contributed by atoms with E-state index >= 15 is 0 Å². The molecular weight excluding hydrogens is 492 g/mol. The van der Waals surface area contributed by atoms with Crippen LogP contribution in [0.25, 0.3) is 0 Å². The number of anilines is 1. The number of rotatable bonds is 7. The fourth-order valence-electron chi connectivity index (χ4n) is 4.87. The van der Waals surface area contributed by atoms with Crippen LogP contribution in [-0.4, -0.2) is 48.1 Å². The zero-order valence-corrected chi connectivity index (χ0v) is 20.6. The number of carbonyl (C=O) groups is 1. The normalized spacial score (nSPS) is 26.8. The molecule has 6 atom stereocenters. The molecule has 0 saturated carbocycles. The number of ether oxygens (including phenoxy) is 4. The minimum absolute atomic E-state index is 0.110. The highest BCUT2D eigenvalue weighted by Crippen LogP contribution is 2.37. The summed E-state index contributed by atoms with van der Waals surface area (Å²) in [7, 11) is 0. The van der Waals surface area contributed by atoms with Gasteiger partial charge in [-0.3, -0.25) is 14.9 Å². The quantitative estimate of drug-likeness (QED) is 0.345. The van der Waals surface area contributed by atoms with Gasteiger partial charge in [0.1, 0.15) is 18.3 Å². The van der Waals surface area contributed by atoms with Gasteiger partial charge in [0.15, 0.2) is 6.29 Å². The van der Waals surface area contributed by atoms with Gasteiger partial charge in [-0.1, -0.05) is 60.7 Å². The van der Waals surface area contributed by atoms with Gasteiger partial charge in [-0.2, -0.15) is 0 Å². The largest absolute Gasteiger partial charge is 0.829 e. The molecule has 10 nitrogen and oxygen atoms in total. The Balaban J connectivity index is 1.50. The lowest BCUT2D eigenvalue weighted by atomic mass is 9.93. The number of amides is 1. The predicted octanol–water partition coefficient (Wildman–Crippen LogP) is 3.10. The molecule has 1 unspecified atom stereocenters. The molecule has 2 fully saturated rings. The summed E-state index contributed by atoms with van der Waals surface area (Å²) in [5.74, 6) is -0.438. The van der Waals surface area contributed by atoms with Gasteiger partial charge in [-0.05, 0) is 17.7 Å². The summed E-state index contributed by atoms with van der Waals surface area (Å²) >= 11 is 0. The fraction of sp³-hybridized carbons (Fsp3) is 0.321. The maximum atomic E-state index is 13.5. The molecule has 0 radical (unpaired) electrons. The zero-order valence-electron chi connectivity index (χ0n) is 20.6. The number of fused-ring (bicyclic) bond motifs is 1. The van der Waals surface area contributed by atoms with E-state index in [1.165, 1.54) is 36.1 Å². The highest BCUT2D eigenvalue weighted by Gasteiger charge is 2.50. The molecule has 198 valence electrons. The molecule has 0 aliphatic carbocycles. The first-order chi connectivity index (χ1) is 18.4. The van der Waals surface area contributed by atoms with Gasteiger partial charge in [0.05, 0.1) is 24.2 Å². The van der Waals surface area contributed by atoms with E-state index in [-0.39, 0.29) is 18.9 Å². The van der Waals surface area contributed by atoms with Crippen LogP contribution in [0.5, 0.6) is 0 Å². The summed E-state index contributed by atoms with van der Waals surface area (Å²) in [5, 5.41) is 24.6. The van der Waals surface area contributed by atoms with Crippen molar-refractivity contribution in [2.75, 3.05) is 11.5 Å². The van der Waals surface area contributed by atoms with Gasteiger partial charge in [-0.25, -0.2) is 0 Å². The first-order valence-electron chi connectivity index (χ1n) is 12.3. The second kappa shape index (κ2) is 11.4. The van der Waals surface area contributed by atoms with Gasteiger partial charge < -0.3 is 29.0 Å². The number of carbonyl (C=O) groups excluding carboxylic acids is 1. The van der Waals surface area contributed by atoms with Gasteiger partial charge in [-0.15, -0.1) is 0 Å². The van der Waals surface area contributed by atoms with E-state index in [2.05, 4.69) is 0 Å². The van der Waals surface area contributed by atoms with Gasteiger partial charge >= 0.3 is 0 Å². The van der Waals surface area contributed by atoms with Crippen LogP contribution < -0.4 is 10.0 Å². The Kier molecular flexibility index (Phi) is 7.77. The number of nitro benzene ring substituents is 1. The van der Waals surface area contributed by atoms with E-state index < -0.39 is 47.8 Å². The van der Waals surface area contributed by atoms with Crippen LogP contribution in [0.4, 0.5) is 11.4 Å². The van der Waals surface area contributed by atoms with E-state index in [1.54, 1.807) is 0 Å². The number of nitrogens with zero attached hydrogens (tertiary/aromatic N) is 2. The molecule has 38 heavy (non-hydrogen) atoms. The van der Waals surface area contributed by atoms with Gasteiger partial charge in [0.2, 0.25) is 5.91 Å². The van der Waals surface area contributed by atoms with Crippen LogP contribution >= 0.6 is 0 Å². The zero-order chi connectivity index (χ0) is 26.6. The van der Waals surface area contributed by atoms with E-state index in [0.29, 0.717) is 5.69 Å². The monoisotopic (exact) mass is 519 g/mol. The van der Waals surface area contributed by atoms with Crippen LogP contribution in [0.1, 0.15) is 24.3 Å². The maximum absolute atomic E-state index is 13.5. The third-order valence-electron chi connectivity index (χ3n) is 6.64. The highest BCUT2D eigenvalue weighted by molar-refractivity contribution is 5.92. The van der Waals surface area contributed by atoms with Crippen molar-refractivity contribution in [2.45, 2.75) is 50.5 Å². The van der Waals surface area contributed by atoms with Crippen LogP contribution in [0, 0.1) is 10.1 Å². The Morgan fingerprint density at radius 2 is 1.66 bits per heavy atom. The van der Waals surface area contributed by atoms with Crippen LogP contribution in [0.2, 0.25) is 0 Å². The molecular formula is C28H27N2O8-. The Labute approximate surface area is 219 Å². The van der Waals surface area contributed by atoms with E-state index in [4.69, 9.17) is 18.9 Å². The van der Waals surface area contributed by atoms with Crippen LogP contribution in [0.15, 0.2) is 84.9 Å². The lowest BCUT2D eigenvalue weighted by molar-refractivity contribution is -0.525. The molecule has 2 saturated heterocycles. The summed E-state index contributed by atoms with van der Waals surface area (Å²) in [4.78, 5) is 24.9. The summed E-state index contributed by atoms with van der Waals surface area (Å²) in [6, 6.07) is 23.2. The van der Waals surface area contributed by atoms with Crippen molar-refractivity contribution in [3.05, 3.63) is 106 Å². The van der Waals surface area contributed by atoms with Gasteiger partial charge in [0.25, 0.3) is 5.69 Å². The number of benzene rings is 3. The third kappa shape index (κ3) is 5.45. The van der Waals surface area contributed by atoms with Crippen molar-refractivity contribution in [3.63, 3.8) is 0 Å². The Morgan fingerprint density at radius 3 is 2.29 bits per heavy atom. The van der Waals surface area contributed by atoms with Crippen molar-refractivity contribution in [2.24, 2.45) is 0 Å². The Morgan fingerprint density at radius 1 is 1.00 bits per heavy atom. The fourth-order valence-corrected chi connectivity index (χ4v) is 4.87. The lowest BCUT2D eigenvalue weighted by Crippen LogP contribution is -2.70. The molecule has 10 heteroatoms. The minimum atomic E-state index is -1.68. The molecule has 5 rings (SSSR count). The average molecular weight is 520 g/mol. The minimum Gasteiger partial charge on any atom is -0.829 e. The van der Waals surface area contributed by atoms with E-state index in [1.807, 2.05) is 60.7 Å². The third-order valence-corrected chi connectivity index (χ3v) is 6.64. The number of non-ortho nitro benzene ring substituents is 1. The topological polar surface area (TPSA) is 123 Å². The smallest absolute Gasteiger partial charge is 0.269 e. The standard InChI is InChI=1S/C28H27N2O8/c1-18(31)29(21-12-14-22(15-13-21)30(33)34)24-26(35-16-19-8-4-2-5-9-19)25-23(37-27(24)32)17-36-28(38-25)20-10-6-3-7-11-20/h2-15,23-28H,16-17H2,1H3/q-1/t23-,24-,25-,26+,27-,28?/m1/s1. The van der Waals surface area contributed by atoms with Crippen molar-refractivity contribution in [3.8, 4) is 0 Å². The molecule has 1 amide bonds. The molecule has 0 N–H and O–H groups in total. The van der Waals surface area contributed by atoms with Crippen LogP contribution in [-0.2, 0) is 30.3 Å². The van der Waals surface area contributed by atoms with Crippen molar-refractivity contribution in [1.82, 2.24) is 0 Å². The Bertz CT molecular complexity index is 1240. The SMILES string of the molecule is CC(=O)N(c1ccc([N+](=O)[O-])cc1)[C@@H]1[C@H](OCc2ccccc2)[C@@H]2OC(c3ccccc3)OC[C@H]2O[C@H]1[O-]. The summed E-state index contributed by atoms with van der Waals surface area (Å²) < 4.78 is 24.4. The number of hydrogen-bond acceptors (Lipinski definition) is 8. The highest BCUT2D eigenvalue weighted by atomic mass is 16.7. The van der Waals surface area contributed by atoms with Crippen molar-refractivity contribution in [1.29, 1.82) is 0 Å². The Hall–Kier alpha value is -3.67. The second-order valence-corrected chi connectivity index (χ2v) is 9.13. The summed E-state index contributed by atoms with van der Waals surface area (Å²) in [6.45, 7) is 1.61. The molecule has 0 aromatic heterocycles. The lowest BCUT2D eigenvalue weighted by Gasteiger charge is -2.54. The van der Waals surface area contributed by atoms with E-state index in [9.17, 15) is 20.0 Å². The molecule has 0 bridgehead atoms. The van der Waals surface area contributed by atoms with E-state index in [0.717, 1.165) is 11.1 Å². The molecule has 2 aliphatic rings. The van der Waals surface area contributed by atoms with Crippen LogP contribution in [0.3, 0.4) is 0 Å². The molecule has 0 spiro atoms. The number of hydrogen-bond donors (Lipinski definition) is 0. The number of nitro groups is 1. The second-order valence-electron chi connectivity index (χ2n) is 9.13. The summed E-state index contributed by atoms with van der Waals surface area (Å²) in [6.07, 6.45) is -4.71. The summed E-state index contributed by atoms with van der Waals surface area (Å²) in [5.41, 5.74) is 1.86. The van der Waals surface area contributed by atoms with Gasteiger partial charge in [0, 0.05) is 36.6 Å². The molecule has 2 heterocycles. The average Bonchev–Trinajstić information content (AvgIpc) is 2.94. The molecule has 2 aliphatic heterocycles. The van der Waals surface area contributed by atoms with Crippen molar-refractivity contribution >= 4 is 17.3 Å².